The average molecular weight is 483 g/mol. The summed E-state index contributed by atoms with van der Waals surface area (Å²) >= 11 is 6.61. The Bertz CT molecular complexity index is 576. The molecule has 6 heteroatoms. The highest BCUT2D eigenvalue weighted by molar-refractivity contribution is 9.11. The molecule has 0 fully saturated rings. The van der Waals surface area contributed by atoms with Crippen molar-refractivity contribution in [2.45, 2.75) is 76.0 Å². The molecule has 0 aliphatic heterocycles. The van der Waals surface area contributed by atoms with Gasteiger partial charge in [0.2, 0.25) is 10.0 Å². The Morgan fingerprint density at radius 2 is 1.42 bits per heavy atom. The number of rotatable bonds is 13. The standard InChI is InChI=1S/C18H29Br2NO2S/c1-2-3-4-5-6-7-8-9-10-11-14-21-24(22,23)18-15-16(19)12-13-17(18)20/h12-13,15,21H,2-11,14H2,1H3. The van der Waals surface area contributed by atoms with Gasteiger partial charge in [-0.15, -0.1) is 0 Å². The number of sulfonamides is 1. The third kappa shape index (κ3) is 8.97. The molecule has 24 heavy (non-hydrogen) atoms. The molecule has 1 rings (SSSR count). The molecule has 0 amide bonds. The lowest BCUT2D eigenvalue weighted by Gasteiger charge is -2.09. The van der Waals surface area contributed by atoms with Crippen LogP contribution in [0.1, 0.15) is 71.1 Å². The number of halogens is 2. The summed E-state index contributed by atoms with van der Waals surface area (Å²) in [5, 5.41) is 0. The Morgan fingerprint density at radius 3 is 2.00 bits per heavy atom. The summed E-state index contributed by atoms with van der Waals surface area (Å²) in [6.07, 6.45) is 12.4. The maximum absolute atomic E-state index is 12.3. The van der Waals surface area contributed by atoms with E-state index in [1.54, 1.807) is 12.1 Å². The van der Waals surface area contributed by atoms with Gasteiger partial charge in [-0.3, -0.25) is 0 Å². The maximum atomic E-state index is 12.3. The summed E-state index contributed by atoms with van der Waals surface area (Å²) < 4.78 is 28.6. The number of hydrogen-bond acceptors (Lipinski definition) is 2. The van der Waals surface area contributed by atoms with Crippen molar-refractivity contribution in [3.63, 3.8) is 0 Å². The molecule has 0 bridgehead atoms. The van der Waals surface area contributed by atoms with Gasteiger partial charge in [0, 0.05) is 15.5 Å². The summed E-state index contributed by atoms with van der Waals surface area (Å²) in [4.78, 5) is 0.281. The van der Waals surface area contributed by atoms with E-state index in [4.69, 9.17) is 0 Å². The second-order valence-corrected chi connectivity index (χ2v) is 9.66. The van der Waals surface area contributed by atoms with Crippen molar-refractivity contribution in [2.24, 2.45) is 0 Å². The molecule has 1 N–H and O–H groups in total. The van der Waals surface area contributed by atoms with E-state index in [9.17, 15) is 8.42 Å². The summed E-state index contributed by atoms with van der Waals surface area (Å²) in [5.41, 5.74) is 0. The van der Waals surface area contributed by atoms with Crippen LogP contribution in [0.2, 0.25) is 0 Å². The average Bonchev–Trinajstić information content (AvgIpc) is 2.54. The fraction of sp³-hybridized carbons (Fsp3) is 0.667. The van der Waals surface area contributed by atoms with E-state index in [2.05, 4.69) is 43.5 Å². The minimum atomic E-state index is -3.45. The van der Waals surface area contributed by atoms with Gasteiger partial charge in [-0.2, -0.15) is 0 Å². The number of benzene rings is 1. The molecule has 1 aromatic carbocycles. The van der Waals surface area contributed by atoms with E-state index in [-0.39, 0.29) is 4.90 Å². The molecule has 0 aliphatic rings. The van der Waals surface area contributed by atoms with Crippen LogP contribution < -0.4 is 4.72 Å². The SMILES string of the molecule is CCCCCCCCCCCCNS(=O)(=O)c1cc(Br)ccc1Br. The zero-order chi connectivity index (χ0) is 17.8. The van der Waals surface area contributed by atoms with Crippen LogP contribution in [0.5, 0.6) is 0 Å². The van der Waals surface area contributed by atoms with Crippen molar-refractivity contribution >= 4 is 41.9 Å². The molecule has 0 saturated carbocycles. The smallest absolute Gasteiger partial charge is 0.211 e. The molecule has 0 heterocycles. The van der Waals surface area contributed by atoms with Gasteiger partial charge in [0.05, 0.1) is 4.90 Å². The molecular formula is C18H29Br2NO2S. The summed E-state index contributed by atoms with van der Waals surface area (Å²) in [6.45, 7) is 2.74. The van der Waals surface area contributed by atoms with E-state index in [0.29, 0.717) is 11.0 Å². The summed E-state index contributed by atoms with van der Waals surface area (Å²) in [7, 11) is -3.45. The second-order valence-electron chi connectivity index (χ2n) is 6.15. The minimum Gasteiger partial charge on any atom is -0.211 e. The molecule has 1 aromatic rings. The molecule has 0 atom stereocenters. The molecule has 3 nitrogen and oxygen atoms in total. The van der Waals surface area contributed by atoms with Crippen molar-refractivity contribution in [1.29, 1.82) is 0 Å². The molecule has 0 radical (unpaired) electrons. The monoisotopic (exact) mass is 481 g/mol. The highest BCUT2D eigenvalue weighted by atomic mass is 79.9. The Hall–Kier alpha value is 0.0900. The number of nitrogens with one attached hydrogen (secondary N) is 1. The number of unbranched alkanes of at least 4 members (excludes halogenated alkanes) is 9. The molecule has 0 saturated heterocycles. The largest absolute Gasteiger partial charge is 0.241 e. The normalized spacial score (nSPS) is 11.8. The lowest BCUT2D eigenvalue weighted by atomic mass is 10.1. The highest BCUT2D eigenvalue weighted by Gasteiger charge is 2.17. The molecule has 138 valence electrons. The van der Waals surface area contributed by atoms with E-state index in [1.165, 1.54) is 51.4 Å². The predicted octanol–water partition coefficient (Wildman–Crippen LogP) is 6.41. The Balaban J connectivity index is 2.15. The first kappa shape index (κ1) is 22.1. The third-order valence-corrected chi connectivity index (χ3v) is 6.95. The number of hydrogen-bond donors (Lipinski definition) is 1. The molecule has 0 aliphatic carbocycles. The lowest BCUT2D eigenvalue weighted by Crippen LogP contribution is -2.25. The Labute approximate surface area is 164 Å². The Morgan fingerprint density at radius 1 is 0.875 bits per heavy atom. The molecule has 0 spiro atoms. The van der Waals surface area contributed by atoms with Gasteiger partial charge >= 0.3 is 0 Å². The fourth-order valence-electron chi connectivity index (χ4n) is 2.58. The van der Waals surface area contributed by atoms with Gasteiger partial charge in [0.25, 0.3) is 0 Å². The summed E-state index contributed by atoms with van der Waals surface area (Å²) in [5.74, 6) is 0. The topological polar surface area (TPSA) is 46.2 Å². The van der Waals surface area contributed by atoms with Crippen molar-refractivity contribution in [2.75, 3.05) is 6.54 Å². The predicted molar refractivity (Wildman–Crippen MR) is 109 cm³/mol. The van der Waals surface area contributed by atoms with Crippen molar-refractivity contribution in [3.8, 4) is 0 Å². The minimum absolute atomic E-state index is 0.281. The molecule has 0 unspecified atom stereocenters. The van der Waals surface area contributed by atoms with Gasteiger partial charge < -0.3 is 0 Å². The van der Waals surface area contributed by atoms with Crippen LogP contribution in [0.25, 0.3) is 0 Å². The van der Waals surface area contributed by atoms with Crippen LogP contribution in [0.4, 0.5) is 0 Å². The van der Waals surface area contributed by atoms with Gasteiger partial charge in [-0.1, -0.05) is 80.6 Å². The van der Waals surface area contributed by atoms with Crippen molar-refractivity contribution in [3.05, 3.63) is 27.1 Å². The van der Waals surface area contributed by atoms with Crippen LogP contribution >= 0.6 is 31.9 Å². The summed E-state index contributed by atoms with van der Waals surface area (Å²) in [6, 6.07) is 5.16. The first-order valence-electron chi connectivity index (χ1n) is 8.92. The van der Waals surface area contributed by atoms with E-state index >= 15 is 0 Å². The fourth-order valence-corrected chi connectivity index (χ4v) is 5.15. The van der Waals surface area contributed by atoms with Crippen LogP contribution in [-0.2, 0) is 10.0 Å². The third-order valence-electron chi connectivity index (χ3n) is 4.01. The van der Waals surface area contributed by atoms with Crippen molar-refractivity contribution < 1.29 is 8.42 Å². The zero-order valence-electron chi connectivity index (χ0n) is 14.5. The van der Waals surface area contributed by atoms with E-state index in [0.717, 1.165) is 17.3 Å². The lowest BCUT2D eigenvalue weighted by molar-refractivity contribution is 0.549. The van der Waals surface area contributed by atoms with Gasteiger partial charge in [0.15, 0.2) is 0 Å². The maximum Gasteiger partial charge on any atom is 0.241 e. The van der Waals surface area contributed by atoms with Crippen LogP contribution in [0.15, 0.2) is 32.0 Å². The van der Waals surface area contributed by atoms with Gasteiger partial charge in [0.1, 0.15) is 0 Å². The Kier molecular flexibility index (Phi) is 11.5. The second kappa shape index (κ2) is 12.4. The molecule has 0 aromatic heterocycles. The van der Waals surface area contributed by atoms with Crippen LogP contribution in [0, 0.1) is 0 Å². The first-order valence-corrected chi connectivity index (χ1v) is 12.0. The van der Waals surface area contributed by atoms with Crippen LogP contribution in [-0.4, -0.2) is 15.0 Å². The first-order chi connectivity index (χ1) is 11.5. The highest BCUT2D eigenvalue weighted by Crippen LogP contribution is 2.25. The van der Waals surface area contributed by atoms with E-state index in [1.807, 2.05) is 6.07 Å². The van der Waals surface area contributed by atoms with Crippen molar-refractivity contribution in [1.82, 2.24) is 4.72 Å². The molecular weight excluding hydrogens is 454 g/mol. The van der Waals surface area contributed by atoms with E-state index < -0.39 is 10.0 Å². The van der Waals surface area contributed by atoms with Crippen LogP contribution in [0.3, 0.4) is 0 Å². The van der Waals surface area contributed by atoms with Gasteiger partial charge in [-0.25, -0.2) is 13.1 Å². The quantitative estimate of drug-likeness (QED) is 0.330. The van der Waals surface area contributed by atoms with Gasteiger partial charge in [-0.05, 0) is 40.5 Å². The zero-order valence-corrected chi connectivity index (χ0v) is 18.5.